The number of aliphatic imine (C=N–C) groups is 1. The number of hydrogen-bond donors (Lipinski definition) is 2. The molecule has 3 N–H and O–H groups in total. The summed E-state index contributed by atoms with van der Waals surface area (Å²) in [5, 5.41) is 0. The number of hydrazine groups is 1. The molecule has 0 aliphatic heterocycles. The van der Waals surface area contributed by atoms with Crippen LogP contribution >= 0.6 is 0 Å². The molecule has 0 unspecified atom stereocenters. The fraction of sp³-hybridized carbons (Fsp3) is 0.143. The first-order chi connectivity index (χ1) is 5.22. The zero-order valence-electron chi connectivity index (χ0n) is 6.37. The molecule has 4 heteroatoms. The van der Waals surface area contributed by atoms with E-state index in [9.17, 15) is 4.79 Å². The van der Waals surface area contributed by atoms with Gasteiger partial charge in [-0.2, -0.15) is 0 Å². The summed E-state index contributed by atoms with van der Waals surface area (Å²) in [5.41, 5.74) is 2.27. The monoisotopic (exact) mass is 153 g/mol. The smallest absolute Gasteiger partial charge is 0.279 e. The third-order valence-corrected chi connectivity index (χ3v) is 0.950. The van der Waals surface area contributed by atoms with Gasteiger partial charge in [-0.25, -0.2) is 5.84 Å². The lowest BCUT2D eigenvalue weighted by Crippen LogP contribution is -2.34. The second-order valence-corrected chi connectivity index (χ2v) is 1.77. The van der Waals surface area contributed by atoms with Crippen molar-refractivity contribution in [1.29, 1.82) is 0 Å². The molecule has 0 aromatic rings. The molecule has 60 valence electrons. The van der Waals surface area contributed by atoms with Crippen molar-refractivity contribution in [3.05, 3.63) is 24.9 Å². The first kappa shape index (κ1) is 9.58. The minimum atomic E-state index is -0.390. The van der Waals surface area contributed by atoms with Gasteiger partial charge in [0.05, 0.1) is 0 Å². The predicted octanol–water partition coefficient (Wildman–Crippen LogP) is 0.137. The first-order valence-corrected chi connectivity index (χ1v) is 3.05. The Kier molecular flexibility index (Phi) is 4.68. The number of rotatable bonds is 3. The highest BCUT2D eigenvalue weighted by atomic mass is 16.2. The van der Waals surface area contributed by atoms with Crippen molar-refractivity contribution in [2.75, 3.05) is 0 Å². The third kappa shape index (κ3) is 4.05. The summed E-state index contributed by atoms with van der Waals surface area (Å²) in [4.78, 5) is 14.4. The highest BCUT2D eigenvalue weighted by molar-refractivity contribution is 6.37. The second-order valence-electron chi connectivity index (χ2n) is 1.77. The van der Waals surface area contributed by atoms with Gasteiger partial charge in [0.1, 0.15) is 5.71 Å². The molecule has 0 bridgehead atoms. The topological polar surface area (TPSA) is 67.5 Å². The molecule has 0 rings (SSSR count). The average Bonchev–Trinajstić information content (AvgIpc) is 2.03. The summed E-state index contributed by atoms with van der Waals surface area (Å²) >= 11 is 0. The molecular formula is C7H11N3O. The van der Waals surface area contributed by atoms with Crippen LogP contribution in [0.3, 0.4) is 0 Å². The summed E-state index contributed by atoms with van der Waals surface area (Å²) in [6.45, 7) is 5.01. The highest BCUT2D eigenvalue weighted by Crippen LogP contribution is 1.80. The highest BCUT2D eigenvalue weighted by Gasteiger charge is 1.99. The van der Waals surface area contributed by atoms with Crippen molar-refractivity contribution in [3.8, 4) is 0 Å². The Morgan fingerprint density at radius 3 is 2.82 bits per heavy atom. The maximum Gasteiger partial charge on any atom is 0.279 e. The van der Waals surface area contributed by atoms with Crippen LogP contribution in [-0.4, -0.2) is 11.6 Å². The number of carbonyl (C=O) groups is 1. The number of nitrogens with zero attached hydrogens (tertiary/aromatic N) is 1. The quantitative estimate of drug-likeness (QED) is 0.199. The Morgan fingerprint density at radius 2 is 2.36 bits per heavy atom. The molecule has 11 heavy (non-hydrogen) atoms. The third-order valence-electron chi connectivity index (χ3n) is 0.950. The van der Waals surface area contributed by atoms with Gasteiger partial charge in [0.15, 0.2) is 0 Å². The number of amides is 1. The van der Waals surface area contributed by atoms with Crippen molar-refractivity contribution in [1.82, 2.24) is 5.43 Å². The first-order valence-electron chi connectivity index (χ1n) is 3.05. The number of hydrogen-bond acceptors (Lipinski definition) is 3. The zero-order chi connectivity index (χ0) is 8.69. The van der Waals surface area contributed by atoms with E-state index in [1.807, 2.05) is 5.43 Å². The van der Waals surface area contributed by atoms with Crippen LogP contribution < -0.4 is 11.3 Å². The van der Waals surface area contributed by atoms with Gasteiger partial charge in [-0.05, 0) is 13.0 Å². The number of carbonyl (C=O) groups excluding carboxylic acids is 1. The van der Waals surface area contributed by atoms with Gasteiger partial charge >= 0.3 is 0 Å². The van der Waals surface area contributed by atoms with Crippen LogP contribution in [0.2, 0.25) is 0 Å². The zero-order valence-corrected chi connectivity index (χ0v) is 6.37. The molecule has 0 saturated heterocycles. The molecule has 0 aromatic heterocycles. The number of nitrogens with two attached hydrogens (primary N) is 1. The van der Waals surface area contributed by atoms with E-state index < -0.39 is 5.91 Å². The Bertz CT molecular complexity index is 206. The van der Waals surface area contributed by atoms with Gasteiger partial charge in [0, 0.05) is 6.20 Å². The summed E-state index contributed by atoms with van der Waals surface area (Å²) in [7, 11) is 0. The van der Waals surface area contributed by atoms with Crippen molar-refractivity contribution < 1.29 is 4.79 Å². The van der Waals surface area contributed by atoms with Gasteiger partial charge < -0.3 is 0 Å². The van der Waals surface area contributed by atoms with E-state index in [0.717, 1.165) is 0 Å². The lowest BCUT2D eigenvalue weighted by atomic mass is 10.4. The predicted molar refractivity (Wildman–Crippen MR) is 44.8 cm³/mol. The normalized spacial score (nSPS) is 11.6. The Morgan fingerprint density at radius 1 is 1.73 bits per heavy atom. The SMILES string of the molecule is C=C/C=C\N=C(C)C(=O)NN. The van der Waals surface area contributed by atoms with Gasteiger partial charge in [-0.15, -0.1) is 0 Å². The van der Waals surface area contributed by atoms with Gasteiger partial charge in [0.2, 0.25) is 0 Å². The summed E-state index contributed by atoms with van der Waals surface area (Å²) < 4.78 is 0. The molecule has 0 heterocycles. The van der Waals surface area contributed by atoms with Crippen molar-refractivity contribution in [2.45, 2.75) is 6.92 Å². The largest absolute Gasteiger partial charge is 0.289 e. The van der Waals surface area contributed by atoms with E-state index in [1.54, 1.807) is 19.1 Å². The Labute approximate surface area is 65.5 Å². The van der Waals surface area contributed by atoms with Crippen molar-refractivity contribution in [2.24, 2.45) is 10.8 Å². The molecular weight excluding hydrogens is 142 g/mol. The van der Waals surface area contributed by atoms with Gasteiger partial charge in [-0.1, -0.05) is 12.7 Å². The van der Waals surface area contributed by atoms with Gasteiger partial charge in [0.25, 0.3) is 5.91 Å². The van der Waals surface area contributed by atoms with E-state index in [2.05, 4.69) is 11.6 Å². The van der Waals surface area contributed by atoms with Crippen LogP contribution in [0.4, 0.5) is 0 Å². The Balaban J connectivity index is 4.10. The summed E-state index contributed by atoms with van der Waals surface area (Å²) in [6.07, 6.45) is 4.65. The van der Waals surface area contributed by atoms with E-state index in [-0.39, 0.29) is 0 Å². The maximum atomic E-state index is 10.7. The molecule has 1 amide bonds. The van der Waals surface area contributed by atoms with Crippen LogP contribution in [0.1, 0.15) is 6.92 Å². The fourth-order valence-corrected chi connectivity index (χ4v) is 0.379. The summed E-state index contributed by atoms with van der Waals surface area (Å²) in [6, 6.07) is 0. The molecule has 0 aliphatic rings. The van der Waals surface area contributed by atoms with E-state index in [4.69, 9.17) is 5.84 Å². The standard InChI is InChI=1S/C7H11N3O/c1-3-4-5-9-6(2)7(11)10-8/h3-5H,1,8H2,2H3,(H,10,11)/b5-4-,9-6?. The minimum Gasteiger partial charge on any atom is -0.289 e. The maximum absolute atomic E-state index is 10.7. The molecule has 0 fully saturated rings. The van der Waals surface area contributed by atoms with Crippen LogP contribution in [0.5, 0.6) is 0 Å². The Hall–Kier alpha value is -1.42. The fourth-order valence-electron chi connectivity index (χ4n) is 0.379. The van der Waals surface area contributed by atoms with Crippen molar-refractivity contribution >= 4 is 11.6 Å². The van der Waals surface area contributed by atoms with Crippen LogP contribution in [-0.2, 0) is 4.79 Å². The minimum absolute atomic E-state index is 0.311. The van der Waals surface area contributed by atoms with E-state index in [0.29, 0.717) is 5.71 Å². The van der Waals surface area contributed by atoms with Gasteiger partial charge in [-0.3, -0.25) is 15.2 Å². The van der Waals surface area contributed by atoms with Crippen LogP contribution in [0.15, 0.2) is 29.9 Å². The van der Waals surface area contributed by atoms with E-state index in [1.165, 1.54) is 6.20 Å². The van der Waals surface area contributed by atoms with Crippen LogP contribution in [0, 0.1) is 0 Å². The lowest BCUT2D eigenvalue weighted by molar-refractivity contribution is -0.114. The number of allylic oxidation sites excluding steroid dienone is 2. The molecule has 0 radical (unpaired) electrons. The van der Waals surface area contributed by atoms with E-state index >= 15 is 0 Å². The average molecular weight is 153 g/mol. The molecule has 0 aliphatic carbocycles. The number of nitrogens with one attached hydrogen (secondary N) is 1. The summed E-state index contributed by atoms with van der Waals surface area (Å²) in [5.74, 6) is 4.46. The van der Waals surface area contributed by atoms with Crippen LogP contribution in [0.25, 0.3) is 0 Å². The molecule has 0 spiro atoms. The van der Waals surface area contributed by atoms with Crippen molar-refractivity contribution in [3.63, 3.8) is 0 Å². The molecule has 0 saturated carbocycles. The molecule has 0 aromatic carbocycles. The molecule has 4 nitrogen and oxygen atoms in total. The lowest BCUT2D eigenvalue weighted by Gasteiger charge is -1.93. The second kappa shape index (κ2) is 5.37. The molecule has 0 atom stereocenters.